The van der Waals surface area contributed by atoms with Gasteiger partial charge >= 0.3 is 0 Å². The van der Waals surface area contributed by atoms with Crippen molar-refractivity contribution < 1.29 is 14.4 Å². The summed E-state index contributed by atoms with van der Waals surface area (Å²) in [6.07, 6.45) is 2.93. The standard InChI is InChI=1S/C19H27N3O3/c1-3-6-17(23)21-16-10-8-14(9-11-16)19(25)22-12-5-7-15(13-22)18(24)20-4-2/h8-11,15H,3-7,12-13H2,1-2H3,(H,20,24)(H,21,23). The molecule has 1 unspecified atom stereocenters. The maximum Gasteiger partial charge on any atom is 0.253 e. The normalized spacial score (nSPS) is 17.0. The molecule has 0 spiro atoms. The molecular formula is C19H27N3O3. The molecule has 6 heteroatoms. The van der Waals surface area contributed by atoms with Gasteiger partial charge < -0.3 is 15.5 Å². The van der Waals surface area contributed by atoms with Gasteiger partial charge in [-0.1, -0.05) is 6.92 Å². The molecule has 2 rings (SSSR count). The van der Waals surface area contributed by atoms with Crippen LogP contribution in [0.4, 0.5) is 5.69 Å². The number of piperidine rings is 1. The Labute approximate surface area is 149 Å². The van der Waals surface area contributed by atoms with Crippen molar-refractivity contribution >= 4 is 23.4 Å². The number of carbonyl (C=O) groups excluding carboxylic acids is 3. The third kappa shape index (κ3) is 5.31. The number of nitrogens with zero attached hydrogens (tertiary/aromatic N) is 1. The second-order valence-corrected chi connectivity index (χ2v) is 6.36. The van der Waals surface area contributed by atoms with Crippen LogP contribution in [0.15, 0.2) is 24.3 Å². The molecule has 0 aliphatic carbocycles. The van der Waals surface area contributed by atoms with Crippen molar-refractivity contribution in [2.24, 2.45) is 5.92 Å². The Morgan fingerprint density at radius 2 is 1.88 bits per heavy atom. The lowest BCUT2D eigenvalue weighted by atomic mass is 9.96. The smallest absolute Gasteiger partial charge is 0.253 e. The molecular weight excluding hydrogens is 318 g/mol. The van der Waals surface area contributed by atoms with Crippen LogP contribution >= 0.6 is 0 Å². The van der Waals surface area contributed by atoms with Crippen molar-refractivity contribution in [3.05, 3.63) is 29.8 Å². The second kappa shape index (κ2) is 9.20. The Morgan fingerprint density at radius 1 is 1.16 bits per heavy atom. The molecule has 1 aliphatic rings. The predicted molar refractivity (Wildman–Crippen MR) is 97.3 cm³/mol. The van der Waals surface area contributed by atoms with Gasteiger partial charge in [0.25, 0.3) is 5.91 Å². The highest BCUT2D eigenvalue weighted by atomic mass is 16.2. The molecule has 0 radical (unpaired) electrons. The summed E-state index contributed by atoms with van der Waals surface area (Å²) in [6.45, 7) is 5.58. The van der Waals surface area contributed by atoms with Crippen LogP contribution in [0.5, 0.6) is 0 Å². The third-order valence-electron chi connectivity index (χ3n) is 4.32. The van der Waals surface area contributed by atoms with Gasteiger partial charge in [0, 0.05) is 37.3 Å². The van der Waals surface area contributed by atoms with Gasteiger partial charge in [-0.15, -0.1) is 0 Å². The first kappa shape index (κ1) is 19.0. The molecule has 1 saturated heterocycles. The van der Waals surface area contributed by atoms with Gasteiger partial charge in [0.1, 0.15) is 0 Å². The second-order valence-electron chi connectivity index (χ2n) is 6.36. The van der Waals surface area contributed by atoms with E-state index in [1.54, 1.807) is 29.2 Å². The average molecular weight is 345 g/mol. The van der Waals surface area contributed by atoms with Crippen LogP contribution in [0.1, 0.15) is 49.9 Å². The zero-order chi connectivity index (χ0) is 18.2. The molecule has 3 amide bonds. The minimum Gasteiger partial charge on any atom is -0.356 e. The average Bonchev–Trinajstić information content (AvgIpc) is 2.62. The van der Waals surface area contributed by atoms with Crippen LogP contribution in [-0.4, -0.2) is 42.3 Å². The number of likely N-dealkylation sites (tertiary alicyclic amines) is 1. The summed E-state index contributed by atoms with van der Waals surface area (Å²) in [5.41, 5.74) is 1.26. The SMILES string of the molecule is CCCC(=O)Nc1ccc(C(=O)N2CCCC(C(=O)NCC)C2)cc1. The molecule has 0 saturated carbocycles. The zero-order valence-corrected chi connectivity index (χ0v) is 15.0. The van der Waals surface area contributed by atoms with Crippen molar-refractivity contribution in [1.82, 2.24) is 10.2 Å². The van der Waals surface area contributed by atoms with Crippen molar-refractivity contribution in [2.75, 3.05) is 25.0 Å². The predicted octanol–water partition coefficient (Wildman–Crippen LogP) is 2.41. The highest BCUT2D eigenvalue weighted by Crippen LogP contribution is 2.20. The molecule has 1 fully saturated rings. The first-order chi connectivity index (χ1) is 12.0. The van der Waals surface area contributed by atoms with Gasteiger partial charge in [0.15, 0.2) is 0 Å². The van der Waals surface area contributed by atoms with Crippen molar-refractivity contribution in [2.45, 2.75) is 39.5 Å². The van der Waals surface area contributed by atoms with Crippen LogP contribution in [0, 0.1) is 5.92 Å². The number of hydrogen-bond donors (Lipinski definition) is 2. The summed E-state index contributed by atoms with van der Waals surface area (Å²) in [5, 5.41) is 5.64. The molecule has 1 aromatic rings. The summed E-state index contributed by atoms with van der Waals surface area (Å²) in [6, 6.07) is 6.93. The van der Waals surface area contributed by atoms with Crippen LogP contribution in [-0.2, 0) is 9.59 Å². The Hall–Kier alpha value is -2.37. The number of anilines is 1. The van der Waals surface area contributed by atoms with Crippen molar-refractivity contribution in [3.8, 4) is 0 Å². The Balaban J connectivity index is 1.97. The number of amides is 3. The van der Waals surface area contributed by atoms with Crippen LogP contribution in [0.3, 0.4) is 0 Å². The van der Waals surface area contributed by atoms with Crippen LogP contribution < -0.4 is 10.6 Å². The molecule has 0 bridgehead atoms. The number of benzene rings is 1. The van der Waals surface area contributed by atoms with Gasteiger partial charge in [0.2, 0.25) is 11.8 Å². The Bertz CT molecular complexity index is 613. The van der Waals surface area contributed by atoms with Gasteiger partial charge in [-0.05, 0) is 50.5 Å². The van der Waals surface area contributed by atoms with Crippen molar-refractivity contribution in [1.29, 1.82) is 0 Å². The molecule has 6 nitrogen and oxygen atoms in total. The maximum absolute atomic E-state index is 12.7. The quantitative estimate of drug-likeness (QED) is 0.831. The Kier molecular flexibility index (Phi) is 6.98. The maximum atomic E-state index is 12.7. The van der Waals surface area contributed by atoms with Gasteiger partial charge in [-0.2, -0.15) is 0 Å². The fourth-order valence-corrected chi connectivity index (χ4v) is 3.02. The molecule has 136 valence electrons. The zero-order valence-electron chi connectivity index (χ0n) is 15.0. The lowest BCUT2D eigenvalue weighted by molar-refractivity contribution is -0.126. The van der Waals surface area contributed by atoms with E-state index in [9.17, 15) is 14.4 Å². The van der Waals surface area contributed by atoms with Crippen molar-refractivity contribution in [3.63, 3.8) is 0 Å². The van der Waals surface area contributed by atoms with E-state index in [1.165, 1.54) is 0 Å². The molecule has 1 aromatic carbocycles. The minimum absolute atomic E-state index is 0.0222. The summed E-state index contributed by atoms with van der Waals surface area (Å²) >= 11 is 0. The number of rotatable bonds is 6. The third-order valence-corrected chi connectivity index (χ3v) is 4.32. The fraction of sp³-hybridized carbons (Fsp3) is 0.526. The monoisotopic (exact) mass is 345 g/mol. The van der Waals surface area contributed by atoms with E-state index >= 15 is 0 Å². The Morgan fingerprint density at radius 3 is 2.52 bits per heavy atom. The summed E-state index contributed by atoms with van der Waals surface area (Å²) in [4.78, 5) is 38.0. The van der Waals surface area contributed by atoms with Gasteiger partial charge in [-0.3, -0.25) is 14.4 Å². The molecule has 1 heterocycles. The largest absolute Gasteiger partial charge is 0.356 e. The number of carbonyl (C=O) groups is 3. The minimum atomic E-state index is -0.134. The van der Waals surface area contributed by atoms with E-state index in [4.69, 9.17) is 0 Å². The van der Waals surface area contributed by atoms with E-state index in [2.05, 4.69) is 10.6 Å². The molecule has 25 heavy (non-hydrogen) atoms. The van der Waals surface area contributed by atoms with Gasteiger partial charge in [0.05, 0.1) is 5.92 Å². The van der Waals surface area contributed by atoms with Gasteiger partial charge in [-0.25, -0.2) is 0 Å². The summed E-state index contributed by atoms with van der Waals surface area (Å²) < 4.78 is 0. The number of hydrogen-bond acceptors (Lipinski definition) is 3. The van der Waals surface area contributed by atoms with E-state index in [-0.39, 0.29) is 23.6 Å². The van der Waals surface area contributed by atoms with E-state index in [0.717, 1.165) is 19.3 Å². The fourth-order valence-electron chi connectivity index (χ4n) is 3.02. The van der Waals surface area contributed by atoms with Crippen LogP contribution in [0.2, 0.25) is 0 Å². The topological polar surface area (TPSA) is 78.5 Å². The summed E-state index contributed by atoms with van der Waals surface area (Å²) in [5.74, 6) is -0.206. The van der Waals surface area contributed by atoms with E-state index < -0.39 is 0 Å². The lowest BCUT2D eigenvalue weighted by Crippen LogP contribution is -2.45. The first-order valence-corrected chi connectivity index (χ1v) is 9.02. The van der Waals surface area contributed by atoms with Crippen LogP contribution in [0.25, 0.3) is 0 Å². The molecule has 1 atom stereocenters. The number of nitrogens with one attached hydrogen (secondary N) is 2. The molecule has 0 aromatic heterocycles. The van der Waals surface area contributed by atoms with E-state index in [1.807, 2.05) is 13.8 Å². The molecule has 2 N–H and O–H groups in total. The first-order valence-electron chi connectivity index (χ1n) is 9.02. The molecule has 1 aliphatic heterocycles. The van der Waals surface area contributed by atoms with E-state index in [0.29, 0.717) is 37.3 Å². The highest BCUT2D eigenvalue weighted by molar-refractivity contribution is 5.96. The summed E-state index contributed by atoms with van der Waals surface area (Å²) in [7, 11) is 0. The lowest BCUT2D eigenvalue weighted by Gasteiger charge is -2.32. The highest BCUT2D eigenvalue weighted by Gasteiger charge is 2.28.